The first-order valence-corrected chi connectivity index (χ1v) is 3.72. The van der Waals surface area contributed by atoms with Gasteiger partial charge in [-0.1, -0.05) is 44.0 Å². The first kappa shape index (κ1) is 7.15. The highest BCUT2D eigenvalue weighted by Gasteiger charge is 2.12. The van der Waals surface area contributed by atoms with E-state index in [2.05, 4.69) is 19.1 Å². The van der Waals surface area contributed by atoms with Crippen molar-refractivity contribution in [1.82, 2.24) is 0 Å². The molecule has 1 aromatic carbocycles. The van der Waals surface area contributed by atoms with E-state index in [1.54, 1.807) is 0 Å². The second-order valence-electron chi connectivity index (χ2n) is 2.69. The Labute approximate surface area is 62.9 Å². The Morgan fingerprint density at radius 1 is 1.10 bits per heavy atom. The third kappa shape index (κ3) is 3.97. The van der Waals surface area contributed by atoms with Gasteiger partial charge in [-0.3, -0.25) is 0 Å². The van der Waals surface area contributed by atoms with E-state index in [1.165, 1.54) is 12.8 Å². The molecule has 0 heterocycles. The molecule has 1 aliphatic rings. The van der Waals surface area contributed by atoms with Crippen molar-refractivity contribution in [1.29, 1.82) is 0 Å². The molecule has 0 radical (unpaired) electrons. The zero-order valence-electron chi connectivity index (χ0n) is 6.30. The molecule has 0 bridgehead atoms. The zero-order chi connectivity index (χ0) is 7.23. The van der Waals surface area contributed by atoms with Gasteiger partial charge in [0.2, 0.25) is 0 Å². The smallest absolute Gasteiger partial charge is 0.0115 e. The molecule has 2 rings (SSSR count). The Morgan fingerprint density at radius 2 is 1.50 bits per heavy atom. The van der Waals surface area contributed by atoms with E-state index >= 15 is 0 Å². The molecule has 0 atom stereocenters. The fraction of sp³-hybridized carbons (Fsp3) is 0.400. The molecule has 0 aromatic heterocycles. The molecule has 1 aromatic rings. The molecule has 0 nitrogen and oxygen atoms in total. The molecular formula is C10H12. The van der Waals surface area contributed by atoms with Crippen LogP contribution in [0.15, 0.2) is 24.3 Å². The summed E-state index contributed by atoms with van der Waals surface area (Å²) in [6, 6.07) is 13.0. The zero-order valence-corrected chi connectivity index (χ0v) is 6.30. The third-order valence-corrected chi connectivity index (χ3v) is 1.42. The standard InChI is InChI=1S/C6H4.C4H8/c1-2-4-6-5-3-1;1-4-2-3-4/h1-4H;4H,2-3H2,1H3. The maximum absolute atomic E-state index is 2.77. The molecule has 1 fully saturated rings. The van der Waals surface area contributed by atoms with Crippen LogP contribution in [-0.2, 0) is 0 Å². The van der Waals surface area contributed by atoms with Crippen molar-refractivity contribution in [2.24, 2.45) is 5.92 Å². The summed E-state index contributed by atoms with van der Waals surface area (Å²) in [5.74, 6) is 1.08. The lowest BCUT2D eigenvalue weighted by molar-refractivity contribution is 0.983. The van der Waals surface area contributed by atoms with Crippen LogP contribution < -0.4 is 0 Å². The van der Waals surface area contributed by atoms with Gasteiger partial charge in [0.1, 0.15) is 0 Å². The van der Waals surface area contributed by atoms with Crippen LogP contribution >= 0.6 is 0 Å². The normalized spacial score (nSPS) is 14.5. The number of rotatable bonds is 0. The number of hydrogen-bond acceptors (Lipinski definition) is 0. The van der Waals surface area contributed by atoms with Crippen LogP contribution in [0.25, 0.3) is 0 Å². The Morgan fingerprint density at radius 3 is 1.60 bits per heavy atom. The van der Waals surface area contributed by atoms with Crippen molar-refractivity contribution >= 4 is 0 Å². The average molecular weight is 132 g/mol. The lowest BCUT2D eigenvalue weighted by Crippen LogP contribution is -1.43. The molecule has 0 unspecified atom stereocenters. The van der Waals surface area contributed by atoms with Crippen LogP contribution in [0.2, 0.25) is 0 Å². The lowest BCUT2D eigenvalue weighted by atomic mass is 10.4. The quantitative estimate of drug-likeness (QED) is 0.509. The van der Waals surface area contributed by atoms with Crippen molar-refractivity contribution in [3.63, 3.8) is 0 Å². The summed E-state index contributed by atoms with van der Waals surface area (Å²) in [5.41, 5.74) is 0. The lowest BCUT2D eigenvalue weighted by Gasteiger charge is -1.61. The SMILES string of the molecule is CC1CC1.c1ccccc#1. The Hall–Kier alpha value is -0.960. The van der Waals surface area contributed by atoms with Gasteiger partial charge < -0.3 is 0 Å². The van der Waals surface area contributed by atoms with Gasteiger partial charge in [-0.05, 0) is 18.1 Å². The van der Waals surface area contributed by atoms with Gasteiger partial charge in [0.15, 0.2) is 0 Å². The topological polar surface area (TPSA) is 0 Å². The van der Waals surface area contributed by atoms with Crippen molar-refractivity contribution < 1.29 is 0 Å². The third-order valence-electron chi connectivity index (χ3n) is 1.42. The fourth-order valence-corrected chi connectivity index (χ4v) is 0.470. The van der Waals surface area contributed by atoms with Crippen LogP contribution in [0.5, 0.6) is 0 Å². The van der Waals surface area contributed by atoms with Crippen molar-refractivity contribution in [3.05, 3.63) is 36.4 Å². The van der Waals surface area contributed by atoms with E-state index in [-0.39, 0.29) is 0 Å². The van der Waals surface area contributed by atoms with Gasteiger partial charge >= 0.3 is 0 Å². The second-order valence-corrected chi connectivity index (χ2v) is 2.69. The van der Waals surface area contributed by atoms with E-state index in [9.17, 15) is 0 Å². The predicted molar refractivity (Wildman–Crippen MR) is 42.5 cm³/mol. The summed E-state index contributed by atoms with van der Waals surface area (Å²) in [5, 5.41) is 0. The van der Waals surface area contributed by atoms with E-state index in [1.807, 2.05) is 24.3 Å². The Balaban J connectivity index is 0.000000108. The van der Waals surface area contributed by atoms with Crippen LogP contribution in [-0.4, -0.2) is 0 Å². The Kier molecular flexibility index (Phi) is 2.83. The summed E-state index contributed by atoms with van der Waals surface area (Å²) >= 11 is 0. The predicted octanol–water partition coefficient (Wildman–Crippen LogP) is 2.70. The highest BCUT2D eigenvalue weighted by atomic mass is 14.2. The van der Waals surface area contributed by atoms with Gasteiger partial charge in [0.05, 0.1) is 0 Å². The Bertz CT molecular complexity index is 124. The maximum atomic E-state index is 2.77. The molecule has 0 saturated heterocycles. The molecule has 10 heavy (non-hydrogen) atoms. The van der Waals surface area contributed by atoms with E-state index in [0.717, 1.165) is 5.92 Å². The second kappa shape index (κ2) is 3.95. The first-order chi connectivity index (χ1) is 4.89. The molecule has 0 heteroatoms. The van der Waals surface area contributed by atoms with E-state index in [4.69, 9.17) is 0 Å². The van der Waals surface area contributed by atoms with Gasteiger partial charge in [-0.15, -0.1) is 0 Å². The van der Waals surface area contributed by atoms with Gasteiger partial charge in [0.25, 0.3) is 0 Å². The fourth-order valence-electron chi connectivity index (χ4n) is 0.470. The number of hydrogen-bond donors (Lipinski definition) is 0. The summed E-state index contributed by atoms with van der Waals surface area (Å²) < 4.78 is 0. The molecule has 0 N–H and O–H groups in total. The molecule has 0 amide bonds. The maximum Gasteiger partial charge on any atom is -0.0115 e. The monoisotopic (exact) mass is 132 g/mol. The highest BCUT2D eigenvalue weighted by molar-refractivity contribution is 4.89. The summed E-state index contributed by atoms with van der Waals surface area (Å²) in [7, 11) is 0. The molecule has 1 aliphatic carbocycles. The summed E-state index contributed by atoms with van der Waals surface area (Å²) in [6.07, 6.45) is 2.97. The van der Waals surface area contributed by atoms with Crippen molar-refractivity contribution in [2.75, 3.05) is 0 Å². The van der Waals surface area contributed by atoms with Crippen LogP contribution in [0.3, 0.4) is 0 Å². The summed E-state index contributed by atoms with van der Waals surface area (Å²) in [6.45, 7) is 2.28. The molecule has 1 saturated carbocycles. The minimum absolute atomic E-state index is 1.08. The van der Waals surface area contributed by atoms with E-state index < -0.39 is 0 Å². The van der Waals surface area contributed by atoms with Crippen LogP contribution in [0.1, 0.15) is 19.8 Å². The minimum atomic E-state index is 1.08. The highest BCUT2D eigenvalue weighted by Crippen LogP contribution is 2.26. The van der Waals surface area contributed by atoms with Crippen molar-refractivity contribution in [2.45, 2.75) is 19.8 Å². The van der Waals surface area contributed by atoms with Crippen LogP contribution in [0, 0.1) is 18.1 Å². The van der Waals surface area contributed by atoms with E-state index in [0.29, 0.717) is 0 Å². The molecule has 0 aliphatic heterocycles. The van der Waals surface area contributed by atoms with Crippen LogP contribution in [0.4, 0.5) is 0 Å². The largest absolute Gasteiger partial charge is 0.0702 e. The average Bonchev–Trinajstić information content (AvgIpc) is 2.77. The minimum Gasteiger partial charge on any atom is -0.0702 e. The first-order valence-electron chi connectivity index (χ1n) is 3.72. The van der Waals surface area contributed by atoms with Gasteiger partial charge in [0, 0.05) is 0 Å². The summed E-state index contributed by atoms with van der Waals surface area (Å²) in [4.78, 5) is 0. The molecule has 52 valence electrons. The van der Waals surface area contributed by atoms with Crippen molar-refractivity contribution in [3.8, 4) is 0 Å². The molecule has 0 spiro atoms. The van der Waals surface area contributed by atoms with Gasteiger partial charge in [-0.2, -0.15) is 0 Å². The van der Waals surface area contributed by atoms with Gasteiger partial charge in [-0.25, -0.2) is 0 Å². The molecular weight excluding hydrogens is 120 g/mol.